The quantitative estimate of drug-likeness (QED) is 0.818. The van der Waals surface area contributed by atoms with Gasteiger partial charge >= 0.3 is 0 Å². The highest BCUT2D eigenvalue weighted by Crippen LogP contribution is 2.29. The zero-order valence-corrected chi connectivity index (χ0v) is 12.4. The zero-order chi connectivity index (χ0) is 13.9. The Hall–Kier alpha value is -1.68. The van der Waals surface area contributed by atoms with Crippen LogP contribution < -0.4 is 15.8 Å². The van der Waals surface area contributed by atoms with Gasteiger partial charge in [0.05, 0.1) is 7.11 Å². The summed E-state index contributed by atoms with van der Waals surface area (Å²) in [5.74, 6) is 0.774. The number of ether oxygens (including phenoxy) is 1. The lowest BCUT2D eigenvalue weighted by Gasteiger charge is -2.24. The third-order valence-electron chi connectivity index (χ3n) is 3.09. The number of anilines is 2. The second-order valence-electron chi connectivity index (χ2n) is 5.21. The second kappa shape index (κ2) is 5.53. The van der Waals surface area contributed by atoms with Gasteiger partial charge in [0.1, 0.15) is 5.75 Å². The number of nitrogens with two attached hydrogens (primary N) is 1. The summed E-state index contributed by atoms with van der Waals surface area (Å²) in [4.78, 5) is 1.37. The van der Waals surface area contributed by atoms with Gasteiger partial charge in [-0.3, -0.25) is 0 Å². The Labute approximate surface area is 118 Å². The first kappa shape index (κ1) is 13.7. The minimum absolute atomic E-state index is 0.0893. The van der Waals surface area contributed by atoms with Crippen LogP contribution in [0.25, 0.3) is 0 Å². The molecular weight excluding hydrogens is 256 g/mol. The first-order valence-electron chi connectivity index (χ1n) is 6.24. The number of nitrogens with one attached hydrogen (secondary N) is 1. The van der Waals surface area contributed by atoms with E-state index in [9.17, 15) is 0 Å². The highest BCUT2D eigenvalue weighted by molar-refractivity contribution is 7.10. The summed E-state index contributed by atoms with van der Waals surface area (Å²) in [5.41, 5.74) is 7.63. The predicted octanol–water partition coefficient (Wildman–Crippen LogP) is 3.73. The van der Waals surface area contributed by atoms with E-state index >= 15 is 0 Å². The minimum atomic E-state index is 0.0893. The van der Waals surface area contributed by atoms with E-state index in [0.29, 0.717) is 5.69 Å². The molecule has 0 radical (unpaired) electrons. The predicted molar refractivity (Wildman–Crippen MR) is 83.2 cm³/mol. The number of hydrogen-bond acceptors (Lipinski definition) is 4. The number of methoxy groups -OCH3 is 1. The van der Waals surface area contributed by atoms with Crippen LogP contribution in [0.3, 0.4) is 0 Å². The van der Waals surface area contributed by atoms with Crippen molar-refractivity contribution in [2.24, 2.45) is 0 Å². The van der Waals surface area contributed by atoms with Gasteiger partial charge in [-0.1, -0.05) is 19.9 Å². The highest BCUT2D eigenvalue weighted by atomic mass is 32.1. The Morgan fingerprint density at radius 1 is 1.32 bits per heavy atom. The summed E-state index contributed by atoms with van der Waals surface area (Å²) in [6.45, 7) is 5.31. The van der Waals surface area contributed by atoms with Gasteiger partial charge in [-0.15, -0.1) is 11.3 Å². The summed E-state index contributed by atoms with van der Waals surface area (Å²) < 4.78 is 5.22. The SMILES string of the molecule is COc1cc(N)cc(NCC(C)(C)c2cccs2)c1. The number of hydrogen-bond donors (Lipinski definition) is 2. The van der Waals surface area contributed by atoms with Crippen LogP contribution in [0, 0.1) is 0 Å². The fraction of sp³-hybridized carbons (Fsp3) is 0.333. The van der Waals surface area contributed by atoms with Gasteiger partial charge in [0.2, 0.25) is 0 Å². The molecule has 19 heavy (non-hydrogen) atoms. The molecular formula is C15H20N2OS. The normalized spacial score (nSPS) is 11.3. The van der Waals surface area contributed by atoms with Gasteiger partial charge in [-0.2, -0.15) is 0 Å². The van der Waals surface area contributed by atoms with Crippen molar-refractivity contribution in [3.63, 3.8) is 0 Å². The molecule has 0 spiro atoms. The van der Waals surface area contributed by atoms with E-state index in [1.165, 1.54) is 4.88 Å². The van der Waals surface area contributed by atoms with Gasteiger partial charge in [0.25, 0.3) is 0 Å². The van der Waals surface area contributed by atoms with E-state index in [4.69, 9.17) is 10.5 Å². The lowest BCUT2D eigenvalue weighted by molar-refractivity contribution is 0.415. The van der Waals surface area contributed by atoms with Crippen molar-refractivity contribution in [3.05, 3.63) is 40.6 Å². The van der Waals surface area contributed by atoms with Gasteiger partial charge in [-0.25, -0.2) is 0 Å². The van der Waals surface area contributed by atoms with Crippen molar-refractivity contribution in [2.75, 3.05) is 24.7 Å². The van der Waals surface area contributed by atoms with Gasteiger partial charge in [0.15, 0.2) is 0 Å². The Morgan fingerprint density at radius 2 is 2.11 bits per heavy atom. The summed E-state index contributed by atoms with van der Waals surface area (Å²) >= 11 is 1.79. The fourth-order valence-corrected chi connectivity index (χ4v) is 2.77. The van der Waals surface area contributed by atoms with Crippen LogP contribution in [0.15, 0.2) is 35.7 Å². The summed E-state index contributed by atoms with van der Waals surface area (Å²) in [7, 11) is 1.65. The molecule has 4 heteroatoms. The largest absolute Gasteiger partial charge is 0.497 e. The van der Waals surface area contributed by atoms with Crippen molar-refractivity contribution in [2.45, 2.75) is 19.3 Å². The molecule has 2 aromatic rings. The molecule has 0 aliphatic heterocycles. The Kier molecular flexibility index (Phi) is 4.00. The van der Waals surface area contributed by atoms with E-state index in [1.54, 1.807) is 18.4 Å². The number of thiophene rings is 1. The van der Waals surface area contributed by atoms with Crippen molar-refractivity contribution in [1.82, 2.24) is 0 Å². The number of rotatable bonds is 5. The summed E-state index contributed by atoms with van der Waals surface area (Å²) in [5, 5.41) is 5.55. The topological polar surface area (TPSA) is 47.3 Å². The van der Waals surface area contributed by atoms with Crippen LogP contribution in [-0.2, 0) is 5.41 Å². The van der Waals surface area contributed by atoms with Crippen molar-refractivity contribution < 1.29 is 4.74 Å². The van der Waals surface area contributed by atoms with Crippen LogP contribution >= 0.6 is 11.3 Å². The van der Waals surface area contributed by atoms with E-state index < -0.39 is 0 Å². The molecule has 102 valence electrons. The maximum atomic E-state index is 5.85. The molecule has 2 rings (SSSR count). The zero-order valence-electron chi connectivity index (χ0n) is 11.6. The Morgan fingerprint density at radius 3 is 2.74 bits per heavy atom. The monoisotopic (exact) mass is 276 g/mol. The lowest BCUT2D eigenvalue weighted by atomic mass is 9.91. The molecule has 1 heterocycles. The molecule has 0 saturated carbocycles. The van der Waals surface area contributed by atoms with E-state index in [2.05, 4.69) is 36.7 Å². The van der Waals surface area contributed by atoms with Crippen LogP contribution in [0.1, 0.15) is 18.7 Å². The average molecular weight is 276 g/mol. The summed E-state index contributed by atoms with van der Waals surface area (Å²) in [6, 6.07) is 9.96. The van der Waals surface area contributed by atoms with Gasteiger partial charge in [0, 0.05) is 40.3 Å². The standard InChI is InChI=1S/C15H20N2OS/c1-15(2,14-5-4-6-19-14)10-17-12-7-11(16)8-13(9-12)18-3/h4-9,17H,10,16H2,1-3H3. The number of benzene rings is 1. The Balaban J connectivity index is 2.08. The van der Waals surface area contributed by atoms with E-state index in [-0.39, 0.29) is 5.41 Å². The molecule has 0 unspecified atom stereocenters. The first-order valence-corrected chi connectivity index (χ1v) is 7.12. The van der Waals surface area contributed by atoms with Crippen LogP contribution in [0.2, 0.25) is 0 Å². The van der Waals surface area contributed by atoms with Gasteiger partial charge in [-0.05, 0) is 17.5 Å². The average Bonchev–Trinajstić information content (AvgIpc) is 2.90. The maximum absolute atomic E-state index is 5.85. The van der Waals surface area contributed by atoms with Crippen molar-refractivity contribution >= 4 is 22.7 Å². The summed E-state index contributed by atoms with van der Waals surface area (Å²) in [6.07, 6.45) is 0. The molecule has 0 aliphatic rings. The van der Waals surface area contributed by atoms with Crippen LogP contribution in [0.5, 0.6) is 5.75 Å². The van der Waals surface area contributed by atoms with Crippen molar-refractivity contribution in [3.8, 4) is 5.75 Å². The van der Waals surface area contributed by atoms with E-state index in [1.807, 2.05) is 18.2 Å². The maximum Gasteiger partial charge on any atom is 0.122 e. The fourth-order valence-electron chi connectivity index (χ4n) is 1.92. The molecule has 0 amide bonds. The van der Waals surface area contributed by atoms with Gasteiger partial charge < -0.3 is 15.8 Å². The van der Waals surface area contributed by atoms with Crippen LogP contribution in [-0.4, -0.2) is 13.7 Å². The molecule has 3 N–H and O–H groups in total. The Bertz CT molecular complexity index is 535. The van der Waals surface area contributed by atoms with E-state index in [0.717, 1.165) is 18.0 Å². The second-order valence-corrected chi connectivity index (χ2v) is 6.16. The molecule has 0 aliphatic carbocycles. The molecule has 1 aromatic heterocycles. The minimum Gasteiger partial charge on any atom is -0.497 e. The third kappa shape index (κ3) is 3.41. The van der Waals surface area contributed by atoms with Crippen LogP contribution in [0.4, 0.5) is 11.4 Å². The van der Waals surface area contributed by atoms with Crippen molar-refractivity contribution in [1.29, 1.82) is 0 Å². The molecule has 0 saturated heterocycles. The molecule has 3 nitrogen and oxygen atoms in total. The molecule has 0 fully saturated rings. The molecule has 1 aromatic carbocycles. The molecule has 0 atom stereocenters. The highest BCUT2D eigenvalue weighted by Gasteiger charge is 2.21. The number of nitrogen functional groups attached to an aromatic ring is 1. The molecule has 0 bridgehead atoms. The third-order valence-corrected chi connectivity index (χ3v) is 4.32. The first-order chi connectivity index (χ1) is 9.01. The lowest BCUT2D eigenvalue weighted by Crippen LogP contribution is -2.26. The smallest absolute Gasteiger partial charge is 0.122 e.